The zero-order chi connectivity index (χ0) is 12.0. The van der Waals surface area contributed by atoms with Crippen molar-refractivity contribution >= 4 is 15.5 Å². The first-order valence-electron chi connectivity index (χ1n) is 5.55. The molecule has 90 valence electrons. The van der Waals surface area contributed by atoms with E-state index in [1.807, 2.05) is 38.1 Å². The number of nitrogens with one attached hydrogen (secondary N) is 1. The number of sulfone groups is 1. The van der Waals surface area contributed by atoms with E-state index < -0.39 is 9.84 Å². The van der Waals surface area contributed by atoms with Gasteiger partial charge in [0, 0.05) is 18.0 Å². The van der Waals surface area contributed by atoms with Gasteiger partial charge < -0.3 is 5.32 Å². The first kappa shape index (κ1) is 13.0. The molecule has 4 heteroatoms. The van der Waals surface area contributed by atoms with Crippen LogP contribution in [0.3, 0.4) is 0 Å². The highest BCUT2D eigenvalue weighted by atomic mass is 32.2. The van der Waals surface area contributed by atoms with Gasteiger partial charge in [-0.05, 0) is 25.0 Å². The molecule has 1 N–H and O–H groups in total. The SMILES string of the molecule is CCCS(=O)(=O)CCNc1ccccc1C. The van der Waals surface area contributed by atoms with E-state index in [1.165, 1.54) is 0 Å². The normalized spacial score (nSPS) is 11.4. The fourth-order valence-corrected chi connectivity index (χ4v) is 2.76. The van der Waals surface area contributed by atoms with E-state index in [-0.39, 0.29) is 11.5 Å². The highest BCUT2D eigenvalue weighted by Gasteiger charge is 2.08. The molecule has 0 aliphatic heterocycles. The van der Waals surface area contributed by atoms with Crippen molar-refractivity contribution < 1.29 is 8.42 Å². The largest absolute Gasteiger partial charge is 0.384 e. The van der Waals surface area contributed by atoms with Gasteiger partial charge >= 0.3 is 0 Å². The summed E-state index contributed by atoms with van der Waals surface area (Å²) in [6.45, 7) is 4.36. The van der Waals surface area contributed by atoms with Gasteiger partial charge in [0.25, 0.3) is 0 Å². The molecule has 16 heavy (non-hydrogen) atoms. The first-order valence-corrected chi connectivity index (χ1v) is 7.37. The van der Waals surface area contributed by atoms with Gasteiger partial charge in [0.1, 0.15) is 0 Å². The molecule has 0 atom stereocenters. The Bertz CT molecular complexity index is 426. The molecule has 0 bridgehead atoms. The summed E-state index contributed by atoms with van der Waals surface area (Å²) >= 11 is 0. The van der Waals surface area contributed by atoms with Gasteiger partial charge in [-0.1, -0.05) is 25.1 Å². The third-order valence-corrected chi connectivity index (χ3v) is 4.25. The van der Waals surface area contributed by atoms with Gasteiger partial charge in [0.15, 0.2) is 9.84 Å². The number of aryl methyl sites for hydroxylation is 1. The maximum atomic E-state index is 11.5. The topological polar surface area (TPSA) is 46.2 Å². The van der Waals surface area contributed by atoms with Crippen LogP contribution >= 0.6 is 0 Å². The fourth-order valence-electron chi connectivity index (χ4n) is 1.53. The van der Waals surface area contributed by atoms with Crippen LogP contribution < -0.4 is 5.32 Å². The van der Waals surface area contributed by atoms with E-state index in [2.05, 4.69) is 5.32 Å². The molecule has 1 aromatic carbocycles. The van der Waals surface area contributed by atoms with Gasteiger partial charge in [-0.2, -0.15) is 0 Å². The molecule has 0 spiro atoms. The molecule has 1 aromatic rings. The molecule has 0 aliphatic rings. The first-order chi connectivity index (χ1) is 7.55. The molecule has 0 aromatic heterocycles. The number of benzene rings is 1. The monoisotopic (exact) mass is 241 g/mol. The molecule has 3 nitrogen and oxygen atoms in total. The van der Waals surface area contributed by atoms with Crippen molar-refractivity contribution in [3.8, 4) is 0 Å². The van der Waals surface area contributed by atoms with Crippen LogP contribution in [0.4, 0.5) is 5.69 Å². The highest BCUT2D eigenvalue weighted by molar-refractivity contribution is 7.91. The lowest BCUT2D eigenvalue weighted by Crippen LogP contribution is -2.18. The third kappa shape index (κ3) is 4.23. The van der Waals surface area contributed by atoms with Gasteiger partial charge in [0.05, 0.1) is 5.75 Å². The summed E-state index contributed by atoms with van der Waals surface area (Å²) < 4.78 is 22.9. The van der Waals surface area contributed by atoms with Crippen molar-refractivity contribution in [3.63, 3.8) is 0 Å². The number of rotatable bonds is 6. The number of hydrogen-bond donors (Lipinski definition) is 1. The van der Waals surface area contributed by atoms with Crippen molar-refractivity contribution in [1.82, 2.24) is 0 Å². The van der Waals surface area contributed by atoms with Crippen LogP contribution in [0.2, 0.25) is 0 Å². The summed E-state index contributed by atoms with van der Waals surface area (Å²) in [7, 11) is -2.88. The summed E-state index contributed by atoms with van der Waals surface area (Å²) in [4.78, 5) is 0. The zero-order valence-electron chi connectivity index (χ0n) is 9.86. The van der Waals surface area contributed by atoms with Crippen LogP contribution in [0, 0.1) is 6.92 Å². The highest BCUT2D eigenvalue weighted by Crippen LogP contribution is 2.12. The Morgan fingerprint density at radius 3 is 2.50 bits per heavy atom. The molecule has 0 saturated heterocycles. The van der Waals surface area contributed by atoms with Crippen molar-refractivity contribution in [2.75, 3.05) is 23.4 Å². The number of anilines is 1. The minimum atomic E-state index is -2.88. The minimum absolute atomic E-state index is 0.204. The molecule has 0 saturated carbocycles. The van der Waals surface area contributed by atoms with E-state index >= 15 is 0 Å². The third-order valence-electron chi connectivity index (χ3n) is 2.39. The quantitative estimate of drug-likeness (QED) is 0.830. The summed E-state index contributed by atoms with van der Waals surface area (Å²) in [5.41, 5.74) is 2.14. The second-order valence-corrected chi connectivity index (χ2v) is 6.20. The molecule has 0 fully saturated rings. The smallest absolute Gasteiger partial charge is 0.152 e. The van der Waals surface area contributed by atoms with Crippen molar-refractivity contribution in [1.29, 1.82) is 0 Å². The lowest BCUT2D eigenvalue weighted by molar-refractivity contribution is 0.595. The molecular formula is C12H19NO2S. The lowest BCUT2D eigenvalue weighted by Gasteiger charge is -2.09. The van der Waals surface area contributed by atoms with Crippen LogP contribution in [0.15, 0.2) is 24.3 Å². The average Bonchev–Trinajstić information content (AvgIpc) is 2.20. The van der Waals surface area contributed by atoms with Crippen molar-refractivity contribution in [3.05, 3.63) is 29.8 Å². The van der Waals surface area contributed by atoms with Crippen LogP contribution in [0.1, 0.15) is 18.9 Å². The van der Waals surface area contributed by atoms with E-state index in [4.69, 9.17) is 0 Å². The molecule has 0 unspecified atom stereocenters. The van der Waals surface area contributed by atoms with Crippen molar-refractivity contribution in [2.24, 2.45) is 0 Å². The van der Waals surface area contributed by atoms with E-state index in [0.29, 0.717) is 13.0 Å². The predicted octanol–water partition coefficient (Wildman–Crippen LogP) is 2.23. The van der Waals surface area contributed by atoms with E-state index in [1.54, 1.807) is 0 Å². The lowest BCUT2D eigenvalue weighted by atomic mass is 10.2. The average molecular weight is 241 g/mol. The Balaban J connectivity index is 2.45. The van der Waals surface area contributed by atoms with Gasteiger partial charge in [0.2, 0.25) is 0 Å². The zero-order valence-corrected chi connectivity index (χ0v) is 10.7. The minimum Gasteiger partial charge on any atom is -0.384 e. The standard InChI is InChI=1S/C12H19NO2S/c1-3-9-16(14,15)10-8-13-12-7-5-4-6-11(12)2/h4-7,13H,3,8-10H2,1-2H3. The number of hydrogen-bond acceptors (Lipinski definition) is 3. The molecule has 0 heterocycles. The van der Waals surface area contributed by atoms with Crippen LogP contribution in [0.25, 0.3) is 0 Å². The van der Waals surface area contributed by atoms with Gasteiger partial charge in [-0.3, -0.25) is 0 Å². The fraction of sp³-hybridized carbons (Fsp3) is 0.500. The Morgan fingerprint density at radius 1 is 1.19 bits per heavy atom. The molecule has 0 amide bonds. The molecule has 1 rings (SSSR count). The maximum absolute atomic E-state index is 11.5. The molecule has 0 aliphatic carbocycles. The second-order valence-electron chi connectivity index (χ2n) is 3.89. The van der Waals surface area contributed by atoms with Gasteiger partial charge in [-0.15, -0.1) is 0 Å². The summed E-state index contributed by atoms with van der Waals surface area (Å²) in [6, 6.07) is 7.87. The second kappa shape index (κ2) is 5.89. The van der Waals surface area contributed by atoms with Crippen LogP contribution in [0.5, 0.6) is 0 Å². The summed E-state index contributed by atoms with van der Waals surface area (Å²) in [5.74, 6) is 0.484. The van der Waals surface area contributed by atoms with E-state index in [9.17, 15) is 8.42 Å². The summed E-state index contributed by atoms with van der Waals surface area (Å²) in [6.07, 6.45) is 0.687. The molecule has 0 radical (unpaired) electrons. The predicted molar refractivity (Wildman–Crippen MR) is 68.6 cm³/mol. The Morgan fingerprint density at radius 2 is 1.88 bits per heavy atom. The van der Waals surface area contributed by atoms with E-state index in [0.717, 1.165) is 11.3 Å². The van der Waals surface area contributed by atoms with Crippen LogP contribution in [-0.2, 0) is 9.84 Å². The Kier molecular flexibility index (Phi) is 4.80. The van der Waals surface area contributed by atoms with Crippen molar-refractivity contribution in [2.45, 2.75) is 20.3 Å². The van der Waals surface area contributed by atoms with Crippen LogP contribution in [-0.4, -0.2) is 26.5 Å². The number of para-hydroxylation sites is 1. The van der Waals surface area contributed by atoms with Gasteiger partial charge in [-0.25, -0.2) is 8.42 Å². The molecular weight excluding hydrogens is 222 g/mol. The summed E-state index contributed by atoms with van der Waals surface area (Å²) in [5, 5.41) is 3.15. The Labute approximate surface area is 97.8 Å². The maximum Gasteiger partial charge on any atom is 0.152 e. The Hall–Kier alpha value is -1.03.